The number of thioether (sulfide) groups is 1. The summed E-state index contributed by atoms with van der Waals surface area (Å²) in [6.07, 6.45) is 1.28. The zero-order valence-corrected chi connectivity index (χ0v) is 15.7. The molecular formula is C20H22F3NO2S. The number of pyridine rings is 1. The van der Waals surface area contributed by atoms with E-state index in [2.05, 4.69) is 4.98 Å². The van der Waals surface area contributed by atoms with Crippen molar-refractivity contribution < 1.29 is 22.7 Å². The molecule has 2 aromatic rings. The standard InChI is InChI=1S/C20H22F3NO2S/c21-20(22,23)15-5-6-17-18(11-15)24-8-7-19(17)27-9-3-1-2-4-16(25)10-14-12-26-13-14/h5-8,11,14H,1-4,9-10,12-13H2. The van der Waals surface area contributed by atoms with Crippen molar-refractivity contribution in [2.24, 2.45) is 5.92 Å². The van der Waals surface area contributed by atoms with Crippen LogP contribution in [-0.4, -0.2) is 29.7 Å². The van der Waals surface area contributed by atoms with Gasteiger partial charge in [0.2, 0.25) is 0 Å². The van der Waals surface area contributed by atoms with Crippen molar-refractivity contribution in [3.05, 3.63) is 36.0 Å². The van der Waals surface area contributed by atoms with E-state index >= 15 is 0 Å². The van der Waals surface area contributed by atoms with Crippen LogP contribution >= 0.6 is 11.8 Å². The van der Waals surface area contributed by atoms with Crippen LogP contribution < -0.4 is 0 Å². The molecule has 1 fully saturated rings. The van der Waals surface area contributed by atoms with Gasteiger partial charge in [-0.1, -0.05) is 12.5 Å². The fourth-order valence-corrected chi connectivity index (χ4v) is 4.09. The van der Waals surface area contributed by atoms with Crippen LogP contribution in [0.15, 0.2) is 35.4 Å². The lowest BCUT2D eigenvalue weighted by molar-refractivity contribution is -0.137. The molecular weight excluding hydrogens is 375 g/mol. The van der Waals surface area contributed by atoms with Crippen LogP contribution in [0.25, 0.3) is 10.9 Å². The summed E-state index contributed by atoms with van der Waals surface area (Å²) in [5, 5.41) is 0.744. The lowest BCUT2D eigenvalue weighted by atomic mass is 9.98. The number of carbonyl (C=O) groups is 1. The van der Waals surface area contributed by atoms with E-state index in [0.717, 1.165) is 47.4 Å². The molecule has 1 aliphatic heterocycles. The molecule has 1 aromatic heterocycles. The number of aromatic nitrogens is 1. The third kappa shape index (κ3) is 5.69. The Morgan fingerprint density at radius 2 is 2.00 bits per heavy atom. The molecule has 1 saturated heterocycles. The number of Topliss-reactive ketones (excluding diaryl/α,β-unsaturated/α-hetero) is 1. The van der Waals surface area contributed by atoms with Gasteiger partial charge in [-0.3, -0.25) is 9.78 Å². The Hall–Kier alpha value is -1.60. The first-order valence-electron chi connectivity index (χ1n) is 9.11. The Balaban J connectivity index is 1.44. The van der Waals surface area contributed by atoms with Crippen molar-refractivity contribution in [1.29, 1.82) is 0 Å². The molecule has 0 bridgehead atoms. The number of ether oxygens (including phenoxy) is 1. The van der Waals surface area contributed by atoms with Crippen molar-refractivity contribution in [3.8, 4) is 0 Å². The van der Waals surface area contributed by atoms with Crippen LogP contribution in [0.4, 0.5) is 13.2 Å². The Kier molecular flexibility index (Phi) is 6.76. The van der Waals surface area contributed by atoms with Gasteiger partial charge in [-0.15, -0.1) is 11.8 Å². The molecule has 0 unspecified atom stereocenters. The van der Waals surface area contributed by atoms with Crippen molar-refractivity contribution in [3.63, 3.8) is 0 Å². The minimum Gasteiger partial charge on any atom is -0.381 e. The summed E-state index contributed by atoms with van der Waals surface area (Å²) < 4.78 is 43.5. The molecule has 27 heavy (non-hydrogen) atoms. The number of benzene rings is 1. The fraction of sp³-hybridized carbons (Fsp3) is 0.500. The molecule has 0 radical (unpaired) electrons. The van der Waals surface area contributed by atoms with Gasteiger partial charge < -0.3 is 4.74 Å². The number of alkyl halides is 3. The van der Waals surface area contributed by atoms with Gasteiger partial charge in [0.15, 0.2) is 0 Å². The smallest absolute Gasteiger partial charge is 0.381 e. The number of hydrogen-bond acceptors (Lipinski definition) is 4. The summed E-state index contributed by atoms with van der Waals surface area (Å²) in [6, 6.07) is 5.53. The topological polar surface area (TPSA) is 39.2 Å². The Labute approximate surface area is 160 Å². The van der Waals surface area contributed by atoms with Crippen LogP contribution in [0.3, 0.4) is 0 Å². The van der Waals surface area contributed by atoms with Crippen LogP contribution in [0.5, 0.6) is 0 Å². The van der Waals surface area contributed by atoms with E-state index in [9.17, 15) is 18.0 Å². The minimum absolute atomic E-state index is 0.316. The summed E-state index contributed by atoms with van der Waals surface area (Å²) in [6.45, 7) is 1.43. The SMILES string of the molecule is O=C(CCCCCSc1ccnc2cc(C(F)(F)F)ccc12)CC1COC1. The number of rotatable bonds is 9. The maximum atomic E-state index is 12.8. The number of halogens is 3. The van der Waals surface area contributed by atoms with Crippen LogP contribution in [-0.2, 0) is 15.7 Å². The Morgan fingerprint density at radius 3 is 2.70 bits per heavy atom. The third-order valence-corrected chi connectivity index (χ3v) is 5.77. The zero-order valence-electron chi connectivity index (χ0n) is 14.9. The summed E-state index contributed by atoms with van der Waals surface area (Å²) >= 11 is 1.62. The van der Waals surface area contributed by atoms with Crippen molar-refractivity contribution in [2.45, 2.75) is 43.2 Å². The van der Waals surface area contributed by atoms with Crippen LogP contribution in [0.1, 0.15) is 37.7 Å². The highest BCUT2D eigenvalue weighted by Crippen LogP contribution is 2.34. The summed E-state index contributed by atoms with van der Waals surface area (Å²) in [5.74, 6) is 1.60. The van der Waals surface area contributed by atoms with Crippen molar-refractivity contribution in [1.82, 2.24) is 4.98 Å². The van der Waals surface area contributed by atoms with E-state index in [-0.39, 0.29) is 0 Å². The highest BCUT2D eigenvalue weighted by Gasteiger charge is 2.30. The molecule has 0 N–H and O–H groups in total. The van der Waals surface area contributed by atoms with Crippen LogP contribution in [0, 0.1) is 5.92 Å². The molecule has 1 aliphatic rings. The predicted molar refractivity (Wildman–Crippen MR) is 99.9 cm³/mol. The molecule has 7 heteroatoms. The molecule has 0 aliphatic carbocycles. The lowest BCUT2D eigenvalue weighted by Crippen LogP contribution is -2.29. The highest BCUT2D eigenvalue weighted by molar-refractivity contribution is 7.99. The van der Waals surface area contributed by atoms with Crippen LogP contribution in [0.2, 0.25) is 0 Å². The largest absolute Gasteiger partial charge is 0.416 e. The van der Waals surface area contributed by atoms with Gasteiger partial charge in [0, 0.05) is 35.2 Å². The average Bonchev–Trinajstić information content (AvgIpc) is 2.60. The van der Waals surface area contributed by atoms with E-state index in [1.54, 1.807) is 18.0 Å². The molecule has 0 spiro atoms. The predicted octanol–water partition coefficient (Wildman–Crippen LogP) is 5.51. The Morgan fingerprint density at radius 1 is 1.19 bits per heavy atom. The molecule has 146 valence electrons. The average molecular weight is 397 g/mol. The molecule has 0 atom stereocenters. The van der Waals surface area contributed by atoms with Crippen molar-refractivity contribution >= 4 is 28.4 Å². The number of carbonyl (C=O) groups excluding carboxylic acids is 1. The third-order valence-electron chi connectivity index (χ3n) is 4.61. The van der Waals surface area contributed by atoms with Gasteiger partial charge in [-0.2, -0.15) is 13.2 Å². The van der Waals surface area contributed by atoms with Gasteiger partial charge in [-0.05, 0) is 36.8 Å². The first kappa shape index (κ1) is 20.1. The van der Waals surface area contributed by atoms with E-state index < -0.39 is 11.7 Å². The lowest BCUT2D eigenvalue weighted by Gasteiger charge is -2.24. The van der Waals surface area contributed by atoms with Gasteiger partial charge in [0.1, 0.15) is 5.78 Å². The van der Waals surface area contributed by atoms with E-state index in [0.29, 0.717) is 43.3 Å². The number of unbranched alkanes of at least 4 members (excludes halogenated alkanes) is 2. The van der Waals surface area contributed by atoms with Crippen molar-refractivity contribution in [2.75, 3.05) is 19.0 Å². The first-order chi connectivity index (χ1) is 12.9. The monoisotopic (exact) mass is 397 g/mol. The van der Waals surface area contributed by atoms with E-state index in [4.69, 9.17) is 4.74 Å². The maximum absolute atomic E-state index is 12.8. The molecule has 0 saturated carbocycles. The second kappa shape index (κ2) is 9.06. The second-order valence-corrected chi connectivity index (χ2v) is 7.98. The first-order valence-corrected chi connectivity index (χ1v) is 10.1. The highest BCUT2D eigenvalue weighted by atomic mass is 32.2. The summed E-state index contributed by atoms with van der Waals surface area (Å²) in [7, 11) is 0. The fourth-order valence-electron chi connectivity index (χ4n) is 3.03. The molecule has 0 amide bonds. The van der Waals surface area contributed by atoms with Gasteiger partial charge >= 0.3 is 6.18 Å². The number of nitrogens with zero attached hydrogens (tertiary/aromatic N) is 1. The number of fused-ring (bicyclic) bond motifs is 1. The normalized spacial score (nSPS) is 15.1. The van der Waals surface area contributed by atoms with Gasteiger partial charge in [0.05, 0.1) is 24.3 Å². The number of hydrogen-bond donors (Lipinski definition) is 0. The zero-order chi connectivity index (χ0) is 19.3. The molecule has 2 heterocycles. The van der Waals surface area contributed by atoms with Gasteiger partial charge in [0.25, 0.3) is 0 Å². The maximum Gasteiger partial charge on any atom is 0.416 e. The molecule has 3 nitrogen and oxygen atoms in total. The summed E-state index contributed by atoms with van der Waals surface area (Å²) in [4.78, 5) is 16.8. The van der Waals surface area contributed by atoms with E-state index in [1.807, 2.05) is 6.07 Å². The van der Waals surface area contributed by atoms with E-state index in [1.165, 1.54) is 6.07 Å². The molecule has 3 rings (SSSR count). The summed E-state index contributed by atoms with van der Waals surface area (Å²) in [5.41, 5.74) is -0.317. The second-order valence-electron chi connectivity index (χ2n) is 6.84. The quantitative estimate of drug-likeness (QED) is 0.413. The Bertz CT molecular complexity index is 790. The molecule has 1 aromatic carbocycles. The van der Waals surface area contributed by atoms with Gasteiger partial charge in [-0.25, -0.2) is 0 Å². The number of ketones is 1. The minimum atomic E-state index is -4.36.